The van der Waals surface area contributed by atoms with Gasteiger partial charge in [-0.15, -0.1) is 0 Å². The lowest BCUT2D eigenvalue weighted by Gasteiger charge is -2.28. The van der Waals surface area contributed by atoms with Gasteiger partial charge < -0.3 is 24.4 Å². The maximum Gasteiger partial charge on any atom is 0.336 e. The van der Waals surface area contributed by atoms with E-state index in [-0.39, 0.29) is 29.6 Å². The van der Waals surface area contributed by atoms with E-state index in [1.807, 2.05) is 30.3 Å². The zero-order chi connectivity index (χ0) is 16.9. The normalized spacial score (nSPS) is 16.0. The lowest BCUT2D eigenvalue weighted by atomic mass is 10.1. The van der Waals surface area contributed by atoms with Gasteiger partial charge in [0.25, 0.3) is 0 Å². The molecule has 2 aromatic carbocycles. The first kappa shape index (κ1) is 16.3. The first-order chi connectivity index (χ1) is 11.7. The third kappa shape index (κ3) is 3.50. The van der Waals surface area contributed by atoms with Gasteiger partial charge in [-0.3, -0.25) is 0 Å². The maximum absolute atomic E-state index is 11.2. The van der Waals surface area contributed by atoms with Gasteiger partial charge in [0.05, 0.1) is 25.4 Å². The largest absolute Gasteiger partial charge is 0.485 e. The lowest BCUT2D eigenvalue weighted by Crippen LogP contribution is -2.34. The summed E-state index contributed by atoms with van der Waals surface area (Å²) in [4.78, 5) is 11.2. The van der Waals surface area contributed by atoms with Crippen molar-refractivity contribution in [2.45, 2.75) is 19.3 Å². The molecule has 0 bridgehead atoms. The van der Waals surface area contributed by atoms with Gasteiger partial charge in [-0.05, 0) is 17.7 Å². The van der Waals surface area contributed by atoms with Crippen molar-refractivity contribution in [3.05, 3.63) is 59.2 Å². The van der Waals surface area contributed by atoms with Gasteiger partial charge in [0, 0.05) is 5.56 Å². The Hall–Kier alpha value is -2.57. The van der Waals surface area contributed by atoms with E-state index in [1.54, 1.807) is 6.07 Å². The van der Waals surface area contributed by atoms with Crippen molar-refractivity contribution in [3.8, 4) is 11.5 Å². The molecule has 0 aromatic heterocycles. The number of fused-ring (bicyclic) bond motifs is 1. The van der Waals surface area contributed by atoms with E-state index in [0.717, 1.165) is 5.56 Å². The summed E-state index contributed by atoms with van der Waals surface area (Å²) in [5.41, 5.74) is 1.31. The molecule has 1 atom stereocenters. The SMILES string of the molecule is O=C(O)c1ccc2c(c1CO)OCC(COCc1ccccc1)O2. The number of ether oxygens (including phenoxy) is 3. The zero-order valence-corrected chi connectivity index (χ0v) is 13.0. The molecular formula is C18H18O6. The van der Waals surface area contributed by atoms with Gasteiger partial charge in [0.1, 0.15) is 6.61 Å². The molecule has 1 unspecified atom stereocenters. The third-order valence-corrected chi connectivity index (χ3v) is 3.74. The Balaban J connectivity index is 1.63. The molecule has 1 heterocycles. The highest BCUT2D eigenvalue weighted by atomic mass is 16.6. The summed E-state index contributed by atoms with van der Waals surface area (Å²) in [6.07, 6.45) is -0.288. The first-order valence-corrected chi connectivity index (χ1v) is 7.60. The minimum atomic E-state index is -1.11. The van der Waals surface area contributed by atoms with Crippen molar-refractivity contribution >= 4 is 5.97 Å². The number of hydrogen-bond donors (Lipinski definition) is 2. The van der Waals surface area contributed by atoms with Crippen molar-refractivity contribution in [3.63, 3.8) is 0 Å². The summed E-state index contributed by atoms with van der Waals surface area (Å²) in [6, 6.07) is 12.8. The average Bonchev–Trinajstić information content (AvgIpc) is 2.61. The number of benzene rings is 2. The molecule has 2 N–H and O–H groups in total. The number of carboxylic acid groups (broad SMARTS) is 1. The van der Waals surface area contributed by atoms with Gasteiger partial charge in [0.15, 0.2) is 17.6 Å². The molecule has 0 spiro atoms. The van der Waals surface area contributed by atoms with Crippen molar-refractivity contribution in [2.24, 2.45) is 0 Å². The first-order valence-electron chi connectivity index (χ1n) is 7.60. The van der Waals surface area contributed by atoms with Crippen LogP contribution in [-0.2, 0) is 18.0 Å². The van der Waals surface area contributed by atoms with Crippen LogP contribution in [0.1, 0.15) is 21.5 Å². The van der Waals surface area contributed by atoms with E-state index in [9.17, 15) is 9.90 Å². The second-order valence-corrected chi connectivity index (χ2v) is 5.43. The number of rotatable bonds is 6. The Kier molecular flexibility index (Phi) is 4.98. The number of carbonyl (C=O) groups is 1. The molecule has 3 rings (SSSR count). The molecule has 126 valence electrons. The fourth-order valence-corrected chi connectivity index (χ4v) is 2.57. The highest BCUT2D eigenvalue weighted by Gasteiger charge is 2.26. The minimum Gasteiger partial charge on any atom is -0.485 e. The van der Waals surface area contributed by atoms with Crippen LogP contribution in [0.15, 0.2) is 42.5 Å². The van der Waals surface area contributed by atoms with Crippen molar-refractivity contribution in [1.82, 2.24) is 0 Å². The smallest absolute Gasteiger partial charge is 0.336 e. The van der Waals surface area contributed by atoms with Crippen LogP contribution in [0.4, 0.5) is 0 Å². The molecule has 24 heavy (non-hydrogen) atoms. The van der Waals surface area contributed by atoms with Crippen molar-refractivity contribution in [2.75, 3.05) is 13.2 Å². The van der Waals surface area contributed by atoms with Gasteiger partial charge in [-0.2, -0.15) is 0 Å². The van der Waals surface area contributed by atoms with E-state index in [0.29, 0.717) is 19.0 Å². The van der Waals surface area contributed by atoms with E-state index >= 15 is 0 Å². The van der Waals surface area contributed by atoms with Gasteiger partial charge in [-0.1, -0.05) is 30.3 Å². The predicted molar refractivity (Wildman–Crippen MR) is 85.3 cm³/mol. The Morgan fingerprint density at radius 2 is 2.00 bits per heavy atom. The van der Waals surface area contributed by atoms with Crippen LogP contribution in [0.25, 0.3) is 0 Å². The summed E-state index contributed by atoms with van der Waals surface area (Å²) < 4.78 is 17.1. The molecule has 1 aliphatic rings. The summed E-state index contributed by atoms with van der Waals surface area (Å²) in [7, 11) is 0. The van der Waals surface area contributed by atoms with Crippen LogP contribution >= 0.6 is 0 Å². The molecule has 0 saturated carbocycles. The Labute approximate surface area is 139 Å². The summed E-state index contributed by atoms with van der Waals surface area (Å²) in [6.45, 7) is 0.637. The summed E-state index contributed by atoms with van der Waals surface area (Å²) >= 11 is 0. The van der Waals surface area contributed by atoms with Crippen LogP contribution in [0.5, 0.6) is 11.5 Å². The van der Waals surface area contributed by atoms with Crippen molar-refractivity contribution < 1.29 is 29.2 Å². The average molecular weight is 330 g/mol. The standard InChI is InChI=1S/C18H18O6/c19-8-15-14(18(20)21)6-7-16-17(15)23-11-13(24-16)10-22-9-12-4-2-1-3-5-12/h1-7,13,19H,8-11H2,(H,20,21). The number of aliphatic hydroxyl groups excluding tert-OH is 1. The highest BCUT2D eigenvalue weighted by molar-refractivity contribution is 5.90. The summed E-state index contributed by atoms with van der Waals surface area (Å²) in [5.74, 6) is -0.404. The third-order valence-electron chi connectivity index (χ3n) is 3.74. The molecule has 6 nitrogen and oxygen atoms in total. The second kappa shape index (κ2) is 7.33. The van der Waals surface area contributed by atoms with Crippen LogP contribution in [0.2, 0.25) is 0 Å². The van der Waals surface area contributed by atoms with Crippen LogP contribution in [0, 0.1) is 0 Å². The fraction of sp³-hybridized carbons (Fsp3) is 0.278. The minimum absolute atomic E-state index is 0.0126. The summed E-state index contributed by atoms with van der Waals surface area (Å²) in [5, 5.41) is 18.6. The molecule has 0 aliphatic carbocycles. The molecule has 6 heteroatoms. The zero-order valence-electron chi connectivity index (χ0n) is 13.0. The molecule has 0 fully saturated rings. The van der Waals surface area contributed by atoms with Crippen LogP contribution < -0.4 is 9.47 Å². The monoisotopic (exact) mass is 330 g/mol. The Bertz CT molecular complexity index is 713. The lowest BCUT2D eigenvalue weighted by molar-refractivity contribution is 0.00180. The van der Waals surface area contributed by atoms with Gasteiger partial charge in [0.2, 0.25) is 0 Å². The van der Waals surface area contributed by atoms with E-state index in [4.69, 9.17) is 19.3 Å². The quantitative estimate of drug-likeness (QED) is 0.845. The number of hydrogen-bond acceptors (Lipinski definition) is 5. The molecule has 1 aliphatic heterocycles. The predicted octanol–water partition coefficient (Wildman–Crippen LogP) is 2.23. The van der Waals surface area contributed by atoms with Crippen molar-refractivity contribution in [1.29, 1.82) is 0 Å². The van der Waals surface area contributed by atoms with E-state index < -0.39 is 12.6 Å². The van der Waals surface area contributed by atoms with E-state index in [1.165, 1.54) is 6.07 Å². The van der Waals surface area contributed by atoms with Crippen LogP contribution in [-0.4, -0.2) is 35.5 Å². The number of aromatic carboxylic acids is 1. The Morgan fingerprint density at radius 1 is 1.21 bits per heavy atom. The number of carboxylic acids is 1. The molecule has 0 amide bonds. The number of aliphatic hydroxyl groups is 1. The molecular weight excluding hydrogens is 312 g/mol. The molecule has 0 radical (unpaired) electrons. The second-order valence-electron chi connectivity index (χ2n) is 5.43. The van der Waals surface area contributed by atoms with Crippen LogP contribution in [0.3, 0.4) is 0 Å². The maximum atomic E-state index is 11.2. The molecule has 2 aromatic rings. The topological polar surface area (TPSA) is 85.2 Å². The highest BCUT2D eigenvalue weighted by Crippen LogP contribution is 2.37. The van der Waals surface area contributed by atoms with Gasteiger partial charge >= 0.3 is 5.97 Å². The van der Waals surface area contributed by atoms with E-state index in [2.05, 4.69) is 0 Å². The Morgan fingerprint density at radius 3 is 2.71 bits per heavy atom. The molecule has 0 saturated heterocycles. The van der Waals surface area contributed by atoms with Gasteiger partial charge in [-0.25, -0.2) is 4.79 Å². The fourth-order valence-electron chi connectivity index (χ4n) is 2.57.